The predicted molar refractivity (Wildman–Crippen MR) is 60.1 cm³/mol. The Labute approximate surface area is 93.2 Å². The third-order valence-corrected chi connectivity index (χ3v) is 2.15. The fourth-order valence-electron chi connectivity index (χ4n) is 1.46. The summed E-state index contributed by atoms with van der Waals surface area (Å²) in [5.74, 6) is 0.469. The van der Waals surface area contributed by atoms with Crippen molar-refractivity contribution in [2.75, 3.05) is 0 Å². The number of aromatic nitrogens is 2. The second-order valence-electron chi connectivity index (χ2n) is 3.53. The minimum atomic E-state index is -0.179. The van der Waals surface area contributed by atoms with Gasteiger partial charge in [0.25, 0.3) is 5.91 Å². The highest BCUT2D eigenvalue weighted by atomic mass is 16.3. The fourth-order valence-corrected chi connectivity index (χ4v) is 1.46. The first kappa shape index (κ1) is 10.4. The van der Waals surface area contributed by atoms with Crippen molar-refractivity contribution in [3.05, 3.63) is 47.7 Å². The molecule has 16 heavy (non-hydrogen) atoms. The van der Waals surface area contributed by atoms with E-state index in [4.69, 9.17) is 4.42 Å². The van der Waals surface area contributed by atoms with Gasteiger partial charge >= 0.3 is 0 Å². The standard InChI is InChI=1S/C12H12N2O2/c1-9-8-10(2)14(13-9)12(15)6-5-11-4-3-7-16-11/h3-8H,1-2H3. The summed E-state index contributed by atoms with van der Waals surface area (Å²) < 4.78 is 6.46. The van der Waals surface area contributed by atoms with Crippen LogP contribution in [0.5, 0.6) is 0 Å². The highest BCUT2D eigenvalue weighted by molar-refractivity contribution is 5.93. The number of allylic oxidation sites excluding steroid dienone is 1. The third kappa shape index (κ3) is 2.11. The summed E-state index contributed by atoms with van der Waals surface area (Å²) >= 11 is 0. The average molecular weight is 216 g/mol. The Bertz CT molecular complexity index is 521. The van der Waals surface area contributed by atoms with Gasteiger partial charge in [-0.2, -0.15) is 5.10 Å². The van der Waals surface area contributed by atoms with Gasteiger partial charge in [0.1, 0.15) is 5.76 Å². The molecule has 2 heterocycles. The number of rotatable bonds is 2. The van der Waals surface area contributed by atoms with Gasteiger partial charge in [-0.1, -0.05) is 0 Å². The largest absolute Gasteiger partial charge is 0.465 e. The van der Waals surface area contributed by atoms with Crippen molar-refractivity contribution < 1.29 is 9.21 Å². The monoisotopic (exact) mass is 216 g/mol. The van der Waals surface area contributed by atoms with Gasteiger partial charge in [-0.15, -0.1) is 0 Å². The first-order valence-electron chi connectivity index (χ1n) is 4.96. The lowest BCUT2D eigenvalue weighted by Gasteiger charge is -1.96. The Morgan fingerprint density at radius 2 is 2.31 bits per heavy atom. The van der Waals surface area contributed by atoms with Gasteiger partial charge in [0.2, 0.25) is 0 Å². The molecule has 2 aromatic heterocycles. The smallest absolute Gasteiger partial charge is 0.271 e. The summed E-state index contributed by atoms with van der Waals surface area (Å²) in [5.41, 5.74) is 1.66. The van der Waals surface area contributed by atoms with Gasteiger partial charge in [-0.3, -0.25) is 4.79 Å². The molecule has 0 amide bonds. The Morgan fingerprint density at radius 1 is 1.50 bits per heavy atom. The van der Waals surface area contributed by atoms with Crippen LogP contribution in [0, 0.1) is 13.8 Å². The maximum Gasteiger partial charge on any atom is 0.271 e. The van der Waals surface area contributed by atoms with E-state index in [2.05, 4.69) is 5.10 Å². The van der Waals surface area contributed by atoms with E-state index in [-0.39, 0.29) is 5.91 Å². The Hall–Kier alpha value is -2.10. The maximum absolute atomic E-state index is 11.7. The van der Waals surface area contributed by atoms with Crippen LogP contribution in [-0.4, -0.2) is 15.7 Å². The molecule has 0 radical (unpaired) electrons. The molecule has 0 saturated heterocycles. The molecule has 0 aromatic carbocycles. The van der Waals surface area contributed by atoms with Crippen LogP contribution in [0.4, 0.5) is 0 Å². The minimum absolute atomic E-state index is 0.179. The predicted octanol–water partition coefficient (Wildman–Crippen LogP) is 2.45. The number of hydrogen-bond donors (Lipinski definition) is 0. The van der Waals surface area contributed by atoms with Gasteiger partial charge < -0.3 is 4.42 Å². The molecule has 82 valence electrons. The van der Waals surface area contributed by atoms with E-state index in [0.29, 0.717) is 5.76 Å². The van der Waals surface area contributed by atoms with Crippen molar-refractivity contribution in [1.82, 2.24) is 9.78 Å². The van der Waals surface area contributed by atoms with Crippen LogP contribution in [0.15, 0.2) is 35.0 Å². The normalized spacial score (nSPS) is 11.1. The number of carbonyl (C=O) groups excluding carboxylic acids is 1. The van der Waals surface area contributed by atoms with Crippen LogP contribution >= 0.6 is 0 Å². The van der Waals surface area contributed by atoms with E-state index in [9.17, 15) is 4.79 Å². The highest BCUT2D eigenvalue weighted by Crippen LogP contribution is 2.05. The summed E-state index contributed by atoms with van der Waals surface area (Å²) in [5, 5.41) is 4.10. The Kier molecular flexibility index (Phi) is 2.72. The van der Waals surface area contributed by atoms with E-state index in [1.54, 1.807) is 24.5 Å². The molecule has 4 nitrogen and oxygen atoms in total. The second kappa shape index (κ2) is 4.18. The molecule has 2 rings (SSSR count). The van der Waals surface area contributed by atoms with Crippen LogP contribution in [-0.2, 0) is 0 Å². The highest BCUT2D eigenvalue weighted by Gasteiger charge is 2.06. The zero-order chi connectivity index (χ0) is 11.5. The Morgan fingerprint density at radius 3 is 2.88 bits per heavy atom. The lowest BCUT2D eigenvalue weighted by atomic mass is 10.3. The average Bonchev–Trinajstić information content (AvgIpc) is 2.84. The van der Waals surface area contributed by atoms with Gasteiger partial charge in [0.05, 0.1) is 12.0 Å². The lowest BCUT2D eigenvalue weighted by Crippen LogP contribution is -2.10. The molecule has 0 aliphatic heterocycles. The molecule has 0 N–H and O–H groups in total. The SMILES string of the molecule is Cc1cc(C)n(C(=O)C=Cc2ccco2)n1. The third-order valence-electron chi connectivity index (χ3n) is 2.15. The fraction of sp³-hybridized carbons (Fsp3) is 0.167. The van der Waals surface area contributed by atoms with Crippen LogP contribution in [0.1, 0.15) is 21.9 Å². The van der Waals surface area contributed by atoms with Crippen molar-refractivity contribution in [3.63, 3.8) is 0 Å². The van der Waals surface area contributed by atoms with Crippen molar-refractivity contribution in [2.24, 2.45) is 0 Å². The van der Waals surface area contributed by atoms with E-state index >= 15 is 0 Å². The molecule has 0 atom stereocenters. The van der Waals surface area contributed by atoms with E-state index < -0.39 is 0 Å². The first-order chi connectivity index (χ1) is 7.66. The van der Waals surface area contributed by atoms with E-state index in [0.717, 1.165) is 11.4 Å². The topological polar surface area (TPSA) is 48.0 Å². The van der Waals surface area contributed by atoms with Gasteiger partial charge in [0, 0.05) is 11.8 Å². The number of nitrogens with zero attached hydrogens (tertiary/aromatic N) is 2. The molecular weight excluding hydrogens is 204 g/mol. The van der Waals surface area contributed by atoms with Gasteiger partial charge in [-0.25, -0.2) is 4.68 Å². The molecule has 0 fully saturated rings. The van der Waals surface area contributed by atoms with Crippen LogP contribution < -0.4 is 0 Å². The molecule has 4 heteroatoms. The minimum Gasteiger partial charge on any atom is -0.465 e. The van der Waals surface area contributed by atoms with Crippen molar-refractivity contribution in [2.45, 2.75) is 13.8 Å². The zero-order valence-electron chi connectivity index (χ0n) is 9.18. The second-order valence-corrected chi connectivity index (χ2v) is 3.53. The molecule has 0 bridgehead atoms. The summed E-state index contributed by atoms with van der Waals surface area (Å²) in [4.78, 5) is 11.7. The van der Waals surface area contributed by atoms with E-state index in [1.165, 1.54) is 10.8 Å². The number of aryl methyl sites for hydroxylation is 2. The molecule has 0 saturated carbocycles. The molecule has 0 aliphatic rings. The maximum atomic E-state index is 11.7. The summed E-state index contributed by atoms with van der Waals surface area (Å²) in [6.45, 7) is 3.70. The molecule has 0 spiro atoms. The van der Waals surface area contributed by atoms with Crippen LogP contribution in [0.25, 0.3) is 6.08 Å². The van der Waals surface area contributed by atoms with Crippen LogP contribution in [0.3, 0.4) is 0 Å². The first-order valence-corrected chi connectivity index (χ1v) is 4.96. The van der Waals surface area contributed by atoms with Crippen molar-refractivity contribution in [1.29, 1.82) is 0 Å². The van der Waals surface area contributed by atoms with Gasteiger partial charge in [-0.05, 0) is 38.1 Å². The lowest BCUT2D eigenvalue weighted by molar-refractivity contribution is 0.0952. The van der Waals surface area contributed by atoms with Crippen molar-refractivity contribution >= 4 is 12.0 Å². The molecular formula is C12H12N2O2. The van der Waals surface area contributed by atoms with Gasteiger partial charge in [0.15, 0.2) is 0 Å². The summed E-state index contributed by atoms with van der Waals surface area (Å²) in [6, 6.07) is 5.41. The number of hydrogen-bond acceptors (Lipinski definition) is 3. The molecule has 0 unspecified atom stereocenters. The molecule has 2 aromatic rings. The molecule has 0 aliphatic carbocycles. The quantitative estimate of drug-likeness (QED) is 0.724. The number of furan rings is 1. The van der Waals surface area contributed by atoms with E-state index in [1.807, 2.05) is 19.9 Å². The van der Waals surface area contributed by atoms with Crippen LogP contribution in [0.2, 0.25) is 0 Å². The number of carbonyl (C=O) groups is 1. The Balaban J connectivity index is 2.17. The summed E-state index contributed by atoms with van der Waals surface area (Å²) in [6.07, 6.45) is 4.63. The van der Waals surface area contributed by atoms with Crippen molar-refractivity contribution in [3.8, 4) is 0 Å². The summed E-state index contributed by atoms with van der Waals surface area (Å²) in [7, 11) is 0. The zero-order valence-corrected chi connectivity index (χ0v) is 9.18.